The van der Waals surface area contributed by atoms with Crippen LogP contribution in [0.15, 0.2) is 53.3 Å². The maximum Gasteiger partial charge on any atom is 0.295 e. The van der Waals surface area contributed by atoms with Gasteiger partial charge in [0, 0.05) is 23.3 Å². The van der Waals surface area contributed by atoms with E-state index in [1.807, 2.05) is 25.1 Å². The van der Waals surface area contributed by atoms with Crippen LogP contribution in [0.4, 0.5) is 11.4 Å². The van der Waals surface area contributed by atoms with Crippen molar-refractivity contribution in [3.8, 4) is 0 Å². The molecule has 6 nitrogen and oxygen atoms in total. The fourth-order valence-electron chi connectivity index (χ4n) is 2.27. The van der Waals surface area contributed by atoms with E-state index in [0.29, 0.717) is 10.9 Å². The molecule has 3 rings (SSSR count). The number of fused-ring (bicyclic) bond motifs is 1. The van der Waals surface area contributed by atoms with Gasteiger partial charge in [0.1, 0.15) is 11.3 Å². The third-order valence-corrected chi connectivity index (χ3v) is 3.29. The number of pyridine rings is 1. The zero-order valence-electron chi connectivity index (χ0n) is 11.3. The van der Waals surface area contributed by atoms with Crippen molar-refractivity contribution in [2.45, 2.75) is 13.0 Å². The predicted molar refractivity (Wildman–Crippen MR) is 79.1 cm³/mol. The average Bonchev–Trinajstić information content (AvgIpc) is 3.01. The summed E-state index contributed by atoms with van der Waals surface area (Å²) in [6, 6.07) is 10.4. The van der Waals surface area contributed by atoms with E-state index in [4.69, 9.17) is 4.42 Å². The fraction of sp³-hybridized carbons (Fsp3) is 0.133. The molecule has 0 amide bonds. The molecule has 0 radical (unpaired) electrons. The first-order valence-electron chi connectivity index (χ1n) is 6.49. The molecule has 0 saturated carbocycles. The van der Waals surface area contributed by atoms with Gasteiger partial charge in [0.2, 0.25) is 0 Å². The Balaban J connectivity index is 2.04. The lowest BCUT2D eigenvalue weighted by Gasteiger charge is -2.14. The Morgan fingerprint density at radius 2 is 2.14 bits per heavy atom. The van der Waals surface area contributed by atoms with Crippen LogP contribution in [0.2, 0.25) is 0 Å². The summed E-state index contributed by atoms with van der Waals surface area (Å²) < 4.78 is 5.36. The quantitative estimate of drug-likeness (QED) is 0.580. The summed E-state index contributed by atoms with van der Waals surface area (Å²) in [4.78, 5) is 14.8. The zero-order chi connectivity index (χ0) is 14.8. The monoisotopic (exact) mass is 283 g/mol. The number of non-ortho nitro benzene ring substituents is 1. The first kappa shape index (κ1) is 13.1. The van der Waals surface area contributed by atoms with Crippen LogP contribution in [0.5, 0.6) is 0 Å². The minimum Gasteiger partial charge on any atom is -0.467 e. The van der Waals surface area contributed by atoms with Crippen LogP contribution in [-0.2, 0) is 0 Å². The molecule has 2 heterocycles. The molecule has 0 aliphatic rings. The Bertz CT molecular complexity index is 784. The molecule has 3 aromatic rings. The summed E-state index contributed by atoms with van der Waals surface area (Å²) in [6.45, 7) is 1.96. The Morgan fingerprint density at radius 1 is 1.29 bits per heavy atom. The van der Waals surface area contributed by atoms with Gasteiger partial charge in [0.05, 0.1) is 17.2 Å². The van der Waals surface area contributed by atoms with E-state index in [-0.39, 0.29) is 11.7 Å². The van der Waals surface area contributed by atoms with Gasteiger partial charge in [-0.2, -0.15) is 0 Å². The summed E-state index contributed by atoms with van der Waals surface area (Å²) >= 11 is 0. The smallest absolute Gasteiger partial charge is 0.295 e. The topological polar surface area (TPSA) is 81.2 Å². The Kier molecular flexibility index (Phi) is 3.27. The van der Waals surface area contributed by atoms with Gasteiger partial charge in [0.25, 0.3) is 5.69 Å². The Morgan fingerprint density at radius 3 is 2.86 bits per heavy atom. The van der Waals surface area contributed by atoms with Crippen LogP contribution in [0.25, 0.3) is 10.9 Å². The number of anilines is 1. The molecule has 1 aromatic carbocycles. The number of hydrogen-bond acceptors (Lipinski definition) is 5. The second-order valence-electron chi connectivity index (χ2n) is 4.67. The number of nitrogens with zero attached hydrogens (tertiary/aromatic N) is 2. The van der Waals surface area contributed by atoms with E-state index in [1.165, 1.54) is 6.07 Å². The molecule has 0 fully saturated rings. The second-order valence-corrected chi connectivity index (χ2v) is 4.67. The third-order valence-electron chi connectivity index (χ3n) is 3.29. The van der Waals surface area contributed by atoms with Crippen molar-refractivity contribution >= 4 is 22.3 Å². The highest BCUT2D eigenvalue weighted by atomic mass is 16.6. The normalized spacial score (nSPS) is 12.2. The summed E-state index contributed by atoms with van der Waals surface area (Å²) in [6.07, 6.45) is 3.16. The molecule has 1 unspecified atom stereocenters. The van der Waals surface area contributed by atoms with E-state index >= 15 is 0 Å². The summed E-state index contributed by atoms with van der Waals surface area (Å²) in [5, 5.41) is 15.1. The molecule has 21 heavy (non-hydrogen) atoms. The number of hydrogen-bond donors (Lipinski definition) is 1. The molecule has 106 valence electrons. The highest BCUT2D eigenvalue weighted by Gasteiger charge is 2.17. The third kappa shape index (κ3) is 2.43. The van der Waals surface area contributed by atoms with Gasteiger partial charge in [-0.15, -0.1) is 0 Å². The van der Waals surface area contributed by atoms with Crippen molar-refractivity contribution in [1.29, 1.82) is 0 Å². The van der Waals surface area contributed by atoms with E-state index in [0.717, 1.165) is 11.4 Å². The van der Waals surface area contributed by atoms with Crippen LogP contribution in [0.1, 0.15) is 18.7 Å². The van der Waals surface area contributed by atoms with Crippen molar-refractivity contribution in [2.75, 3.05) is 5.32 Å². The van der Waals surface area contributed by atoms with E-state index in [9.17, 15) is 10.1 Å². The largest absolute Gasteiger partial charge is 0.467 e. The first-order chi connectivity index (χ1) is 10.2. The van der Waals surface area contributed by atoms with Crippen molar-refractivity contribution in [3.63, 3.8) is 0 Å². The van der Waals surface area contributed by atoms with Gasteiger partial charge >= 0.3 is 0 Å². The van der Waals surface area contributed by atoms with Crippen molar-refractivity contribution in [1.82, 2.24) is 4.98 Å². The lowest BCUT2D eigenvalue weighted by molar-refractivity contribution is -0.383. The van der Waals surface area contributed by atoms with Crippen LogP contribution in [-0.4, -0.2) is 9.91 Å². The van der Waals surface area contributed by atoms with Crippen LogP contribution >= 0.6 is 0 Å². The molecule has 1 N–H and O–H groups in total. The number of nitrogens with one attached hydrogen (secondary N) is 1. The second kappa shape index (κ2) is 5.24. The highest BCUT2D eigenvalue weighted by Crippen LogP contribution is 2.31. The fourth-order valence-corrected chi connectivity index (χ4v) is 2.27. The lowest BCUT2D eigenvalue weighted by atomic mass is 10.1. The first-order valence-corrected chi connectivity index (χ1v) is 6.49. The summed E-state index contributed by atoms with van der Waals surface area (Å²) in [5.41, 5.74) is 1.16. The average molecular weight is 283 g/mol. The van der Waals surface area contributed by atoms with Crippen molar-refractivity contribution in [2.24, 2.45) is 0 Å². The van der Waals surface area contributed by atoms with Crippen LogP contribution < -0.4 is 5.32 Å². The molecular formula is C15H13N3O3. The highest BCUT2D eigenvalue weighted by molar-refractivity contribution is 5.96. The Labute approximate surface area is 120 Å². The SMILES string of the molecule is CC(Nc1ccc([N+](=O)[O-])c2ncccc12)c1ccco1. The number of nitro benzene ring substituents is 1. The molecule has 6 heteroatoms. The van der Waals surface area contributed by atoms with Gasteiger partial charge in [-0.25, -0.2) is 4.98 Å². The van der Waals surface area contributed by atoms with Crippen LogP contribution in [0, 0.1) is 10.1 Å². The van der Waals surface area contributed by atoms with Gasteiger partial charge in [-0.3, -0.25) is 10.1 Å². The minimum atomic E-state index is -0.422. The van der Waals surface area contributed by atoms with Gasteiger partial charge in [-0.05, 0) is 37.3 Å². The number of aromatic nitrogens is 1. The molecule has 0 spiro atoms. The maximum atomic E-state index is 11.1. The molecule has 0 aliphatic heterocycles. The van der Waals surface area contributed by atoms with Crippen molar-refractivity contribution < 1.29 is 9.34 Å². The number of furan rings is 1. The van der Waals surface area contributed by atoms with Crippen molar-refractivity contribution in [3.05, 3.63) is 64.7 Å². The number of nitro groups is 1. The van der Waals surface area contributed by atoms with Gasteiger partial charge in [0.15, 0.2) is 0 Å². The maximum absolute atomic E-state index is 11.1. The Hall–Kier alpha value is -2.89. The molecule has 0 bridgehead atoms. The molecule has 0 saturated heterocycles. The van der Waals surface area contributed by atoms with Crippen LogP contribution in [0.3, 0.4) is 0 Å². The molecule has 2 aromatic heterocycles. The van der Waals surface area contributed by atoms with Gasteiger partial charge < -0.3 is 9.73 Å². The zero-order valence-corrected chi connectivity index (χ0v) is 11.3. The number of rotatable bonds is 4. The van der Waals surface area contributed by atoms with E-state index in [1.54, 1.807) is 24.6 Å². The standard InChI is InChI=1S/C15H13N3O3/c1-10(14-5-3-9-21-14)17-12-6-7-13(18(19)20)15-11(12)4-2-8-16-15/h2-10,17H,1H3. The summed E-state index contributed by atoms with van der Waals surface area (Å²) in [7, 11) is 0. The molecule has 1 atom stereocenters. The minimum absolute atomic E-state index is 0.00167. The molecular weight excluding hydrogens is 270 g/mol. The van der Waals surface area contributed by atoms with Gasteiger partial charge in [-0.1, -0.05) is 0 Å². The lowest BCUT2D eigenvalue weighted by Crippen LogP contribution is -2.06. The molecule has 0 aliphatic carbocycles. The number of benzene rings is 1. The predicted octanol–water partition coefficient (Wildman–Crippen LogP) is 3.91. The van der Waals surface area contributed by atoms with E-state index in [2.05, 4.69) is 10.3 Å². The van der Waals surface area contributed by atoms with E-state index < -0.39 is 4.92 Å². The summed E-state index contributed by atoms with van der Waals surface area (Å²) in [5.74, 6) is 0.797.